The molecule has 17 heavy (non-hydrogen) atoms. The standard InChI is InChI=1S/C13H13NO2.ClH/c1-15-13-9-11(7-8-12(13)14)16-10-5-3-2-4-6-10;/h2-9H,14H2,1H3;1H. The Bertz CT molecular complexity index is 474. The molecule has 0 bridgehead atoms. The Morgan fingerprint density at radius 1 is 0.941 bits per heavy atom. The van der Waals surface area contributed by atoms with E-state index in [-0.39, 0.29) is 12.4 Å². The van der Waals surface area contributed by atoms with Gasteiger partial charge in [-0.1, -0.05) is 18.2 Å². The molecule has 0 aliphatic rings. The molecule has 0 aromatic heterocycles. The molecule has 4 heteroatoms. The number of methoxy groups -OCH3 is 1. The molecule has 0 aliphatic carbocycles. The minimum absolute atomic E-state index is 0. The summed E-state index contributed by atoms with van der Waals surface area (Å²) < 4.78 is 10.8. The average Bonchev–Trinajstić information content (AvgIpc) is 2.33. The fourth-order valence-electron chi connectivity index (χ4n) is 1.38. The van der Waals surface area contributed by atoms with Gasteiger partial charge in [0.1, 0.15) is 17.2 Å². The van der Waals surface area contributed by atoms with Crippen molar-refractivity contribution >= 4 is 18.1 Å². The Balaban J connectivity index is 0.00000144. The molecule has 90 valence electrons. The van der Waals surface area contributed by atoms with Gasteiger partial charge in [-0.15, -0.1) is 12.4 Å². The quantitative estimate of drug-likeness (QED) is 0.850. The molecular weight excluding hydrogens is 238 g/mol. The molecule has 0 saturated carbocycles. The summed E-state index contributed by atoms with van der Waals surface area (Å²) in [6.45, 7) is 0. The third-order valence-electron chi connectivity index (χ3n) is 2.18. The zero-order chi connectivity index (χ0) is 11.4. The number of nitrogen functional groups attached to an aromatic ring is 1. The predicted molar refractivity (Wildman–Crippen MR) is 71.2 cm³/mol. The first-order valence-electron chi connectivity index (χ1n) is 4.96. The topological polar surface area (TPSA) is 44.5 Å². The summed E-state index contributed by atoms with van der Waals surface area (Å²) in [6, 6.07) is 14.9. The highest BCUT2D eigenvalue weighted by Gasteiger charge is 2.02. The van der Waals surface area contributed by atoms with Crippen molar-refractivity contribution in [1.29, 1.82) is 0 Å². The van der Waals surface area contributed by atoms with Crippen molar-refractivity contribution < 1.29 is 9.47 Å². The zero-order valence-corrected chi connectivity index (χ0v) is 10.2. The molecule has 0 saturated heterocycles. The maximum absolute atomic E-state index is 5.71. The number of ether oxygens (including phenoxy) is 2. The van der Waals surface area contributed by atoms with Crippen LogP contribution in [0.25, 0.3) is 0 Å². The van der Waals surface area contributed by atoms with E-state index in [1.54, 1.807) is 19.2 Å². The van der Waals surface area contributed by atoms with Gasteiger partial charge >= 0.3 is 0 Å². The predicted octanol–water partition coefficient (Wildman–Crippen LogP) is 3.49. The molecule has 0 aliphatic heterocycles. The second-order valence-corrected chi connectivity index (χ2v) is 3.32. The summed E-state index contributed by atoms with van der Waals surface area (Å²) in [4.78, 5) is 0. The zero-order valence-electron chi connectivity index (χ0n) is 9.42. The van der Waals surface area contributed by atoms with E-state index in [0.29, 0.717) is 17.2 Å². The monoisotopic (exact) mass is 251 g/mol. The first-order chi connectivity index (χ1) is 7.79. The number of para-hydroxylation sites is 1. The highest BCUT2D eigenvalue weighted by Crippen LogP contribution is 2.29. The minimum Gasteiger partial charge on any atom is -0.494 e. The maximum Gasteiger partial charge on any atom is 0.145 e. The number of hydrogen-bond donors (Lipinski definition) is 1. The van der Waals surface area contributed by atoms with Gasteiger partial charge in [0.05, 0.1) is 12.8 Å². The molecule has 0 unspecified atom stereocenters. The largest absolute Gasteiger partial charge is 0.494 e. The summed E-state index contributed by atoms with van der Waals surface area (Å²) in [5.41, 5.74) is 6.31. The van der Waals surface area contributed by atoms with Gasteiger partial charge in [0, 0.05) is 6.07 Å². The van der Waals surface area contributed by atoms with Crippen molar-refractivity contribution in [3.63, 3.8) is 0 Å². The average molecular weight is 252 g/mol. The summed E-state index contributed by atoms with van der Waals surface area (Å²) in [7, 11) is 1.58. The van der Waals surface area contributed by atoms with E-state index in [9.17, 15) is 0 Å². The van der Waals surface area contributed by atoms with Crippen molar-refractivity contribution in [3.05, 3.63) is 48.5 Å². The van der Waals surface area contributed by atoms with Gasteiger partial charge in [0.25, 0.3) is 0 Å². The summed E-state index contributed by atoms with van der Waals surface area (Å²) in [6.07, 6.45) is 0. The molecule has 0 heterocycles. The molecule has 2 rings (SSSR count). The van der Waals surface area contributed by atoms with Gasteiger partial charge < -0.3 is 15.2 Å². The summed E-state index contributed by atoms with van der Waals surface area (Å²) >= 11 is 0. The van der Waals surface area contributed by atoms with E-state index in [2.05, 4.69) is 0 Å². The summed E-state index contributed by atoms with van der Waals surface area (Å²) in [5, 5.41) is 0. The van der Waals surface area contributed by atoms with Crippen LogP contribution in [0.5, 0.6) is 17.2 Å². The third-order valence-corrected chi connectivity index (χ3v) is 2.18. The van der Waals surface area contributed by atoms with Crippen LogP contribution in [-0.4, -0.2) is 7.11 Å². The number of hydrogen-bond acceptors (Lipinski definition) is 3. The van der Waals surface area contributed by atoms with Crippen LogP contribution in [0.1, 0.15) is 0 Å². The summed E-state index contributed by atoms with van der Waals surface area (Å²) in [5.74, 6) is 2.11. The Kier molecular flexibility index (Phi) is 4.67. The van der Waals surface area contributed by atoms with Gasteiger partial charge in [-0.3, -0.25) is 0 Å². The van der Waals surface area contributed by atoms with Crippen molar-refractivity contribution in [2.24, 2.45) is 0 Å². The second-order valence-electron chi connectivity index (χ2n) is 3.32. The molecule has 0 spiro atoms. The van der Waals surface area contributed by atoms with Crippen LogP contribution >= 0.6 is 12.4 Å². The first-order valence-corrected chi connectivity index (χ1v) is 4.96. The normalized spacial score (nSPS) is 9.24. The molecule has 0 fully saturated rings. The number of halogens is 1. The Hall–Kier alpha value is -1.87. The van der Waals surface area contributed by atoms with Crippen molar-refractivity contribution in [2.75, 3.05) is 12.8 Å². The fourth-order valence-corrected chi connectivity index (χ4v) is 1.38. The molecule has 3 nitrogen and oxygen atoms in total. The van der Waals surface area contributed by atoms with Crippen molar-refractivity contribution in [2.45, 2.75) is 0 Å². The lowest BCUT2D eigenvalue weighted by Crippen LogP contribution is -1.92. The van der Waals surface area contributed by atoms with E-state index in [1.807, 2.05) is 36.4 Å². The lowest BCUT2D eigenvalue weighted by Gasteiger charge is -2.08. The van der Waals surface area contributed by atoms with Gasteiger partial charge in [0.15, 0.2) is 0 Å². The minimum atomic E-state index is 0. The van der Waals surface area contributed by atoms with E-state index in [4.69, 9.17) is 15.2 Å². The molecule has 2 aromatic carbocycles. The van der Waals surface area contributed by atoms with Crippen LogP contribution in [0.15, 0.2) is 48.5 Å². The van der Waals surface area contributed by atoms with Crippen LogP contribution in [0.3, 0.4) is 0 Å². The lowest BCUT2D eigenvalue weighted by molar-refractivity contribution is 0.411. The second kappa shape index (κ2) is 6.01. The molecule has 2 aromatic rings. The van der Waals surface area contributed by atoms with Gasteiger partial charge in [-0.05, 0) is 24.3 Å². The first kappa shape index (κ1) is 13.2. The van der Waals surface area contributed by atoms with Gasteiger partial charge in [-0.2, -0.15) is 0 Å². The van der Waals surface area contributed by atoms with Crippen LogP contribution in [0, 0.1) is 0 Å². The highest BCUT2D eigenvalue weighted by molar-refractivity contribution is 5.85. The number of anilines is 1. The van der Waals surface area contributed by atoms with E-state index in [1.165, 1.54) is 0 Å². The smallest absolute Gasteiger partial charge is 0.145 e. The van der Waals surface area contributed by atoms with Crippen molar-refractivity contribution in [3.8, 4) is 17.2 Å². The van der Waals surface area contributed by atoms with E-state index in [0.717, 1.165) is 5.75 Å². The Morgan fingerprint density at radius 3 is 2.29 bits per heavy atom. The van der Waals surface area contributed by atoms with Gasteiger partial charge in [0.2, 0.25) is 0 Å². The maximum atomic E-state index is 5.71. The molecule has 0 atom stereocenters. The van der Waals surface area contributed by atoms with Gasteiger partial charge in [-0.25, -0.2) is 0 Å². The highest BCUT2D eigenvalue weighted by atomic mass is 35.5. The molecule has 0 radical (unpaired) electrons. The van der Waals surface area contributed by atoms with Crippen LogP contribution in [-0.2, 0) is 0 Å². The SMILES string of the molecule is COc1cc(Oc2ccccc2)ccc1N.Cl. The number of nitrogens with two attached hydrogens (primary N) is 1. The van der Waals surface area contributed by atoms with Crippen LogP contribution in [0.4, 0.5) is 5.69 Å². The van der Waals surface area contributed by atoms with E-state index >= 15 is 0 Å². The van der Waals surface area contributed by atoms with Crippen LogP contribution < -0.4 is 15.2 Å². The Labute approximate surface area is 107 Å². The molecule has 0 amide bonds. The third kappa shape index (κ3) is 3.29. The number of rotatable bonds is 3. The fraction of sp³-hybridized carbons (Fsp3) is 0.0769. The number of benzene rings is 2. The lowest BCUT2D eigenvalue weighted by atomic mass is 10.3. The molecule has 2 N–H and O–H groups in total. The van der Waals surface area contributed by atoms with Crippen molar-refractivity contribution in [1.82, 2.24) is 0 Å². The molecular formula is C13H14ClNO2. The van der Waals surface area contributed by atoms with E-state index < -0.39 is 0 Å². The van der Waals surface area contributed by atoms with Crippen LogP contribution in [0.2, 0.25) is 0 Å². The Morgan fingerprint density at radius 2 is 1.65 bits per heavy atom.